The van der Waals surface area contributed by atoms with Crippen molar-refractivity contribution in [1.82, 2.24) is 4.90 Å². The Hall–Kier alpha value is -1.31. The fraction of sp³-hybridized carbons (Fsp3) is 0.562. The summed E-state index contributed by atoms with van der Waals surface area (Å²) in [6, 6.07) is 8.07. The summed E-state index contributed by atoms with van der Waals surface area (Å²) in [5, 5.41) is 0. The maximum absolute atomic E-state index is 12.2. The van der Waals surface area contributed by atoms with Crippen LogP contribution in [0, 0.1) is 5.92 Å². The van der Waals surface area contributed by atoms with Crippen LogP contribution in [0.2, 0.25) is 0 Å². The molecule has 1 aromatic carbocycles. The molecule has 0 N–H and O–H groups in total. The number of nitrogens with zero attached hydrogens (tertiary/aromatic N) is 1. The van der Waals surface area contributed by atoms with Gasteiger partial charge in [-0.1, -0.05) is 32.9 Å². The molecule has 0 aliphatic carbocycles. The molecule has 0 unspecified atom stereocenters. The zero-order chi connectivity index (χ0) is 13.5. The number of carbonyl (C=O) groups excluding carboxylic acids is 1. The Morgan fingerprint density at radius 3 is 2.22 bits per heavy atom. The molecular weight excluding hydrogens is 222 g/mol. The zero-order valence-corrected chi connectivity index (χ0v) is 12.1. The van der Waals surface area contributed by atoms with Crippen LogP contribution in [0.25, 0.3) is 0 Å². The van der Waals surface area contributed by atoms with Crippen molar-refractivity contribution in [2.24, 2.45) is 5.92 Å². The van der Waals surface area contributed by atoms with Gasteiger partial charge >= 0.3 is 0 Å². The molecule has 2 nitrogen and oxygen atoms in total. The van der Waals surface area contributed by atoms with Crippen LogP contribution in [0.15, 0.2) is 24.3 Å². The van der Waals surface area contributed by atoms with E-state index < -0.39 is 0 Å². The van der Waals surface area contributed by atoms with Crippen molar-refractivity contribution < 1.29 is 4.79 Å². The summed E-state index contributed by atoms with van der Waals surface area (Å²) in [5.74, 6) is 0.800. The van der Waals surface area contributed by atoms with Crippen LogP contribution in [0.1, 0.15) is 50.0 Å². The summed E-state index contributed by atoms with van der Waals surface area (Å²) >= 11 is 0. The summed E-state index contributed by atoms with van der Waals surface area (Å²) in [5.41, 5.74) is 2.11. The third-order valence-corrected chi connectivity index (χ3v) is 3.01. The van der Waals surface area contributed by atoms with Crippen LogP contribution in [0.5, 0.6) is 0 Å². The fourth-order valence-electron chi connectivity index (χ4n) is 2.11. The minimum atomic E-state index is 0.149. The highest BCUT2D eigenvalue weighted by Gasteiger charge is 2.12. The van der Waals surface area contributed by atoms with Crippen LogP contribution in [-0.2, 0) is 6.42 Å². The first kappa shape index (κ1) is 14.7. The first-order chi connectivity index (χ1) is 8.58. The minimum Gasteiger partial charge on any atom is -0.339 e. The molecule has 1 amide bonds. The third-order valence-electron chi connectivity index (χ3n) is 3.01. The van der Waals surface area contributed by atoms with Gasteiger partial charge in [-0.15, -0.1) is 0 Å². The van der Waals surface area contributed by atoms with Gasteiger partial charge in [-0.3, -0.25) is 4.79 Å². The van der Waals surface area contributed by atoms with Crippen LogP contribution >= 0.6 is 0 Å². The van der Waals surface area contributed by atoms with Gasteiger partial charge in [0.05, 0.1) is 0 Å². The van der Waals surface area contributed by atoms with Gasteiger partial charge in [-0.25, -0.2) is 0 Å². The largest absolute Gasteiger partial charge is 0.339 e. The number of hydrogen-bond donors (Lipinski definition) is 0. The molecule has 1 rings (SSSR count). The fourth-order valence-corrected chi connectivity index (χ4v) is 2.11. The van der Waals surface area contributed by atoms with E-state index in [-0.39, 0.29) is 5.91 Å². The second kappa shape index (κ2) is 7.20. The van der Waals surface area contributed by atoms with Crippen molar-refractivity contribution in [2.75, 3.05) is 13.1 Å². The van der Waals surface area contributed by atoms with E-state index in [1.807, 2.05) is 24.0 Å². The lowest BCUT2D eigenvalue weighted by molar-refractivity contribution is 0.0764. The summed E-state index contributed by atoms with van der Waals surface area (Å²) in [4.78, 5) is 14.1. The summed E-state index contributed by atoms with van der Waals surface area (Å²) in [7, 11) is 0. The lowest BCUT2D eigenvalue weighted by Crippen LogP contribution is -2.31. The Morgan fingerprint density at radius 1 is 1.17 bits per heavy atom. The first-order valence-corrected chi connectivity index (χ1v) is 6.96. The van der Waals surface area contributed by atoms with E-state index in [4.69, 9.17) is 0 Å². The predicted octanol–water partition coefficient (Wildman–Crippen LogP) is 3.76. The van der Waals surface area contributed by atoms with E-state index >= 15 is 0 Å². The zero-order valence-electron chi connectivity index (χ0n) is 12.1. The van der Waals surface area contributed by atoms with Crippen molar-refractivity contribution in [2.45, 2.75) is 40.5 Å². The maximum Gasteiger partial charge on any atom is 0.253 e. The number of rotatable bonds is 6. The van der Waals surface area contributed by atoms with E-state index in [1.54, 1.807) is 0 Å². The molecule has 0 spiro atoms. The molecule has 100 valence electrons. The van der Waals surface area contributed by atoms with Crippen molar-refractivity contribution in [1.29, 1.82) is 0 Å². The molecular formula is C16H25NO. The second-order valence-corrected chi connectivity index (χ2v) is 5.18. The van der Waals surface area contributed by atoms with Crippen molar-refractivity contribution in [3.8, 4) is 0 Å². The Kier molecular flexibility index (Phi) is 5.90. The molecule has 0 aliphatic heterocycles. The molecule has 0 saturated carbocycles. The van der Waals surface area contributed by atoms with Gasteiger partial charge in [-0.2, -0.15) is 0 Å². The summed E-state index contributed by atoms with van der Waals surface area (Å²) in [6.45, 7) is 10.2. The average Bonchev–Trinajstić information content (AvgIpc) is 2.35. The van der Waals surface area contributed by atoms with Crippen LogP contribution in [0.4, 0.5) is 0 Å². The predicted molar refractivity (Wildman–Crippen MR) is 76.9 cm³/mol. The lowest BCUT2D eigenvalue weighted by atomic mass is 10.0. The van der Waals surface area contributed by atoms with Gasteiger partial charge in [0.25, 0.3) is 5.91 Å². The number of carbonyl (C=O) groups is 1. The second-order valence-electron chi connectivity index (χ2n) is 5.18. The van der Waals surface area contributed by atoms with E-state index in [0.29, 0.717) is 5.92 Å². The first-order valence-electron chi connectivity index (χ1n) is 6.96. The van der Waals surface area contributed by atoms with Gasteiger partial charge < -0.3 is 4.90 Å². The summed E-state index contributed by atoms with van der Waals surface area (Å²) < 4.78 is 0. The average molecular weight is 247 g/mol. The van der Waals surface area contributed by atoms with Crippen molar-refractivity contribution >= 4 is 5.91 Å². The lowest BCUT2D eigenvalue weighted by Gasteiger charge is -2.20. The smallest absolute Gasteiger partial charge is 0.253 e. The monoisotopic (exact) mass is 247 g/mol. The highest BCUT2D eigenvalue weighted by Crippen LogP contribution is 2.11. The highest BCUT2D eigenvalue weighted by atomic mass is 16.2. The molecule has 0 atom stereocenters. The highest BCUT2D eigenvalue weighted by molar-refractivity contribution is 5.94. The quantitative estimate of drug-likeness (QED) is 0.749. The topological polar surface area (TPSA) is 20.3 Å². The molecule has 18 heavy (non-hydrogen) atoms. The van der Waals surface area contributed by atoms with E-state index in [9.17, 15) is 4.79 Å². The number of hydrogen-bond acceptors (Lipinski definition) is 1. The SMILES string of the molecule is CCCN(CC)C(=O)c1ccc(CC(C)C)cc1. The third kappa shape index (κ3) is 4.17. The molecule has 0 fully saturated rings. The Bertz CT molecular complexity index is 367. The molecule has 1 aromatic rings. The van der Waals surface area contributed by atoms with Crippen LogP contribution in [-0.4, -0.2) is 23.9 Å². The molecule has 0 aliphatic rings. The molecule has 2 heteroatoms. The molecule has 0 saturated heterocycles. The van der Waals surface area contributed by atoms with Crippen molar-refractivity contribution in [3.05, 3.63) is 35.4 Å². The minimum absolute atomic E-state index is 0.149. The number of amides is 1. The van der Waals surface area contributed by atoms with E-state index in [1.165, 1.54) is 5.56 Å². The van der Waals surface area contributed by atoms with Gasteiger partial charge in [0.15, 0.2) is 0 Å². The molecule has 0 radical (unpaired) electrons. The van der Waals surface area contributed by atoms with E-state index in [0.717, 1.165) is 31.5 Å². The van der Waals surface area contributed by atoms with Gasteiger partial charge in [0.1, 0.15) is 0 Å². The molecule has 0 heterocycles. The Labute approximate surface area is 111 Å². The number of benzene rings is 1. The Balaban J connectivity index is 2.74. The van der Waals surface area contributed by atoms with Crippen molar-refractivity contribution in [3.63, 3.8) is 0 Å². The normalized spacial score (nSPS) is 10.7. The van der Waals surface area contributed by atoms with Gasteiger partial charge in [-0.05, 0) is 43.4 Å². The van der Waals surface area contributed by atoms with Gasteiger partial charge in [0.2, 0.25) is 0 Å². The van der Waals surface area contributed by atoms with Crippen LogP contribution < -0.4 is 0 Å². The molecule has 0 bridgehead atoms. The van der Waals surface area contributed by atoms with Gasteiger partial charge in [0, 0.05) is 18.7 Å². The standard InChI is InChI=1S/C16H25NO/c1-5-11-17(6-2)16(18)15-9-7-14(8-10-15)12-13(3)4/h7-10,13H,5-6,11-12H2,1-4H3. The summed E-state index contributed by atoms with van der Waals surface area (Å²) in [6.07, 6.45) is 2.08. The Morgan fingerprint density at radius 2 is 1.78 bits per heavy atom. The maximum atomic E-state index is 12.2. The molecule has 0 aromatic heterocycles. The van der Waals surface area contributed by atoms with Crippen LogP contribution in [0.3, 0.4) is 0 Å². The van der Waals surface area contributed by atoms with E-state index in [2.05, 4.69) is 32.9 Å².